The molecule has 24 heteroatoms. The van der Waals surface area contributed by atoms with Crippen molar-refractivity contribution < 1.29 is 57.8 Å². The number of nitrogens with zero attached hydrogens (tertiary/aromatic N) is 1. The van der Waals surface area contributed by atoms with E-state index in [0.29, 0.717) is 11.1 Å². The third-order valence-corrected chi connectivity index (χ3v) is 12.3. The number of nitrogens with one attached hydrogen (secondary N) is 8. The van der Waals surface area contributed by atoms with Crippen LogP contribution < -0.4 is 54.4 Å². The number of fused-ring (bicyclic) bond motifs is 1. The summed E-state index contributed by atoms with van der Waals surface area (Å²) in [5.74, 6) is -9.62. The summed E-state index contributed by atoms with van der Waals surface area (Å²) in [6.07, 6.45) is -0.842. The van der Waals surface area contributed by atoms with Gasteiger partial charge in [-0.05, 0) is 55.7 Å². The highest BCUT2D eigenvalue weighted by Gasteiger charge is 2.42. The molecule has 9 atom stereocenters. The van der Waals surface area contributed by atoms with Gasteiger partial charge in [0, 0.05) is 42.9 Å². The minimum absolute atomic E-state index is 0.0378. The van der Waals surface area contributed by atoms with E-state index in [-0.39, 0.29) is 63.3 Å². The molecule has 388 valence electrons. The number of para-hydroxylation sites is 1. The summed E-state index contributed by atoms with van der Waals surface area (Å²) in [6.45, 7) is 4.75. The van der Waals surface area contributed by atoms with E-state index in [4.69, 9.17) is 17.2 Å². The number of hydrogen-bond acceptors (Lipinski definition) is 12. The van der Waals surface area contributed by atoms with Crippen LogP contribution in [0, 0.1) is 5.92 Å². The van der Waals surface area contributed by atoms with E-state index in [1.54, 1.807) is 56.4 Å². The van der Waals surface area contributed by atoms with Gasteiger partial charge in [0.2, 0.25) is 65.0 Å². The molecule has 11 amide bonds. The van der Waals surface area contributed by atoms with Gasteiger partial charge in [-0.1, -0.05) is 62.4 Å². The van der Waals surface area contributed by atoms with Crippen LogP contribution in [-0.2, 0) is 65.6 Å². The summed E-state index contributed by atoms with van der Waals surface area (Å²) in [4.78, 5) is 150. The predicted octanol–water partition coefficient (Wildman–Crippen LogP) is -3.21. The van der Waals surface area contributed by atoms with Crippen molar-refractivity contribution in [2.75, 3.05) is 6.54 Å². The zero-order chi connectivity index (χ0) is 52.8. The third-order valence-electron chi connectivity index (χ3n) is 12.3. The fourth-order valence-electron chi connectivity index (χ4n) is 8.62. The number of likely N-dealkylation sites (tertiary alicyclic amines) is 1. The van der Waals surface area contributed by atoms with Gasteiger partial charge in [0.15, 0.2) is 0 Å². The third kappa shape index (κ3) is 15.3. The predicted molar refractivity (Wildman–Crippen MR) is 258 cm³/mol. The first-order chi connectivity index (χ1) is 34.1. The number of primary amides is 3. The average molecular weight is 1000 g/mol. The zero-order valence-corrected chi connectivity index (χ0v) is 40.2. The van der Waals surface area contributed by atoms with Gasteiger partial charge in [-0.2, -0.15) is 0 Å². The molecule has 0 saturated carbocycles. The zero-order valence-electron chi connectivity index (χ0n) is 40.2. The van der Waals surface area contributed by atoms with Crippen LogP contribution in [0.1, 0.15) is 76.8 Å². The summed E-state index contributed by atoms with van der Waals surface area (Å²) in [7, 11) is 0. The molecule has 3 heterocycles. The first-order valence-corrected chi connectivity index (χ1v) is 23.7. The van der Waals surface area contributed by atoms with E-state index in [9.17, 15) is 57.8 Å². The maximum absolute atomic E-state index is 14.3. The summed E-state index contributed by atoms with van der Waals surface area (Å²) in [5.41, 5.74) is 18.6. The smallest absolute Gasteiger partial charge is 0.248 e. The van der Waals surface area contributed by atoms with E-state index in [2.05, 4.69) is 42.2 Å². The van der Waals surface area contributed by atoms with E-state index < -0.39 is 126 Å². The second-order valence-corrected chi connectivity index (χ2v) is 18.5. The Labute approximate surface area is 414 Å². The van der Waals surface area contributed by atoms with Crippen molar-refractivity contribution in [3.63, 3.8) is 0 Å². The Kier molecular flexibility index (Phi) is 19.3. The second kappa shape index (κ2) is 25.3. The minimum Gasteiger partial charge on any atom is -0.391 e. The lowest BCUT2D eigenvalue weighted by Crippen LogP contribution is -2.62. The molecule has 0 bridgehead atoms. The Balaban J connectivity index is 1.30. The van der Waals surface area contributed by atoms with Crippen molar-refractivity contribution in [3.8, 4) is 0 Å². The number of aliphatic hydroxyl groups excluding tert-OH is 1. The van der Waals surface area contributed by atoms with Crippen LogP contribution >= 0.6 is 0 Å². The quantitative estimate of drug-likeness (QED) is 0.0399. The molecule has 24 nitrogen and oxygen atoms in total. The van der Waals surface area contributed by atoms with E-state index in [0.717, 1.165) is 15.8 Å². The van der Waals surface area contributed by atoms with Gasteiger partial charge in [-0.25, -0.2) is 0 Å². The van der Waals surface area contributed by atoms with Crippen molar-refractivity contribution in [3.05, 3.63) is 71.9 Å². The molecule has 0 unspecified atom stereocenters. The molecule has 15 N–H and O–H groups in total. The highest BCUT2D eigenvalue weighted by atomic mass is 16.3. The Hall–Kier alpha value is -7.89. The molecule has 1 aromatic heterocycles. The minimum atomic E-state index is -1.72. The first kappa shape index (κ1) is 55.0. The summed E-state index contributed by atoms with van der Waals surface area (Å²) in [6, 6.07) is 4.40. The molecule has 0 aliphatic carbocycles. The number of carbonyl (C=O) groups is 11. The standard InChI is InChI=1S/C48H64N12O12/c1-24(2)18-32(55-42(66)30-15-16-39(64)53-30)43(67)57-34(21-37(49)62)45(69)56-33(19-26-10-5-4-6-11-26)46(70)59-40(25(3)61)48(72)60-17-9-14-36(60)47(71)58-35(22-38(50)63)44(68)54-31(41(51)65)20-27-23-52-29-13-8-7-12-28(27)29/h4-8,10-13,23-25,30-36,40,52,61H,9,14-22H2,1-3H3,(H2,49,62)(H2,50,63)(H2,51,65)(H,53,64)(H,54,68)(H,55,66)(H,56,69)(H,57,67)(H,58,71)(H,59,70)/t25-,30+,31+,32+,33+,34+,35+,36+,40+/m1/s1. The van der Waals surface area contributed by atoms with E-state index >= 15 is 0 Å². The van der Waals surface area contributed by atoms with Gasteiger partial charge in [0.25, 0.3) is 0 Å². The van der Waals surface area contributed by atoms with Gasteiger partial charge in [0.05, 0.1) is 18.9 Å². The monoisotopic (exact) mass is 1000 g/mol. The Morgan fingerprint density at radius 2 is 1.25 bits per heavy atom. The first-order valence-electron chi connectivity index (χ1n) is 23.7. The highest BCUT2D eigenvalue weighted by Crippen LogP contribution is 2.22. The fourth-order valence-corrected chi connectivity index (χ4v) is 8.62. The number of aliphatic hydroxyl groups is 1. The van der Waals surface area contributed by atoms with Crippen LogP contribution in [0.5, 0.6) is 0 Å². The molecular weight excluding hydrogens is 937 g/mol. The van der Waals surface area contributed by atoms with Crippen molar-refractivity contribution in [1.82, 2.24) is 47.1 Å². The lowest BCUT2D eigenvalue weighted by Gasteiger charge is -2.32. The maximum atomic E-state index is 14.3. The number of benzene rings is 2. The van der Waals surface area contributed by atoms with Crippen LogP contribution in [0.25, 0.3) is 10.9 Å². The molecule has 2 aliphatic heterocycles. The van der Waals surface area contributed by atoms with Gasteiger partial charge in [0.1, 0.15) is 48.3 Å². The molecular formula is C48H64N12O12. The highest BCUT2D eigenvalue weighted by molar-refractivity contribution is 6.00. The Morgan fingerprint density at radius 1 is 0.681 bits per heavy atom. The van der Waals surface area contributed by atoms with Gasteiger partial charge in [-0.3, -0.25) is 52.7 Å². The SMILES string of the molecule is CC(C)C[C@H](NC(=O)[C@@H]1CCC(=O)N1)C(=O)N[C@@H](CC(N)=O)C(=O)N[C@@H](Cc1ccccc1)C(=O)N[C@H](C(=O)N1CCC[C@H]1C(=O)N[C@@H](CC(N)=O)C(=O)N[C@@H](Cc1c[nH]c2ccccc12)C(N)=O)[C@@H](C)O. The average Bonchev–Trinajstić information content (AvgIpc) is 4.10. The number of hydrogen-bond donors (Lipinski definition) is 12. The normalized spacial score (nSPS) is 18.3. The number of rotatable bonds is 25. The second-order valence-electron chi connectivity index (χ2n) is 18.5. The Bertz CT molecular complexity index is 2520. The lowest BCUT2D eigenvalue weighted by atomic mass is 10.0. The summed E-state index contributed by atoms with van der Waals surface area (Å²) >= 11 is 0. The topological polar surface area (TPSA) is 389 Å². The molecule has 5 rings (SSSR count). The maximum Gasteiger partial charge on any atom is 0.248 e. The summed E-state index contributed by atoms with van der Waals surface area (Å²) in [5, 5.41) is 29.3. The van der Waals surface area contributed by atoms with Crippen LogP contribution in [0.2, 0.25) is 0 Å². The number of H-pyrrole nitrogens is 1. The number of aromatic amines is 1. The van der Waals surface area contributed by atoms with Crippen LogP contribution in [0.4, 0.5) is 0 Å². The molecule has 2 aliphatic rings. The Morgan fingerprint density at radius 3 is 1.85 bits per heavy atom. The number of aromatic nitrogens is 1. The van der Waals surface area contributed by atoms with Crippen molar-refractivity contribution >= 4 is 75.9 Å². The molecule has 0 radical (unpaired) electrons. The van der Waals surface area contributed by atoms with Crippen molar-refractivity contribution in [2.24, 2.45) is 23.1 Å². The van der Waals surface area contributed by atoms with Crippen molar-refractivity contribution in [2.45, 2.75) is 133 Å². The van der Waals surface area contributed by atoms with Crippen LogP contribution in [0.3, 0.4) is 0 Å². The molecule has 3 aromatic rings. The number of amides is 11. The molecule has 2 aromatic carbocycles. The van der Waals surface area contributed by atoms with Crippen LogP contribution in [-0.4, -0.2) is 141 Å². The van der Waals surface area contributed by atoms with E-state index in [1.807, 2.05) is 18.2 Å². The largest absolute Gasteiger partial charge is 0.391 e. The summed E-state index contributed by atoms with van der Waals surface area (Å²) < 4.78 is 0. The van der Waals surface area contributed by atoms with Gasteiger partial charge < -0.3 is 69.4 Å². The number of carbonyl (C=O) groups excluding carboxylic acids is 11. The molecule has 2 saturated heterocycles. The van der Waals surface area contributed by atoms with E-state index in [1.165, 1.54) is 6.92 Å². The van der Waals surface area contributed by atoms with Crippen molar-refractivity contribution in [1.29, 1.82) is 0 Å². The lowest BCUT2D eigenvalue weighted by molar-refractivity contribution is -0.145. The molecule has 0 spiro atoms. The number of nitrogens with two attached hydrogens (primary N) is 3. The fraction of sp³-hybridized carbons (Fsp3) is 0.479. The van der Waals surface area contributed by atoms with Gasteiger partial charge in [-0.15, -0.1) is 0 Å². The molecule has 72 heavy (non-hydrogen) atoms. The molecule has 2 fully saturated rings. The van der Waals surface area contributed by atoms with Gasteiger partial charge >= 0.3 is 0 Å². The van der Waals surface area contributed by atoms with Crippen LogP contribution in [0.15, 0.2) is 60.8 Å².